The van der Waals surface area contributed by atoms with E-state index >= 15 is 0 Å². The molecule has 0 aliphatic carbocycles. The van der Waals surface area contributed by atoms with Crippen molar-refractivity contribution < 1.29 is 14.0 Å². The van der Waals surface area contributed by atoms with Crippen LogP contribution >= 0.6 is 11.3 Å². The molecule has 0 saturated carbocycles. The molecule has 26 heavy (non-hydrogen) atoms. The van der Waals surface area contributed by atoms with Gasteiger partial charge >= 0.3 is 0 Å². The fraction of sp³-hybridized carbons (Fsp3) is 0.389. The minimum Gasteiger partial charge on any atom is -0.353 e. The first-order valence-corrected chi connectivity index (χ1v) is 9.33. The number of rotatable bonds is 6. The molecule has 2 heterocycles. The predicted octanol–water partition coefficient (Wildman–Crippen LogP) is 1.60. The largest absolute Gasteiger partial charge is 0.353 e. The van der Waals surface area contributed by atoms with Crippen LogP contribution in [0, 0.1) is 12.7 Å². The summed E-state index contributed by atoms with van der Waals surface area (Å²) in [6.07, 6.45) is 0.0795. The summed E-state index contributed by atoms with van der Waals surface area (Å²) < 4.78 is 13.1. The maximum Gasteiger partial charge on any atom is 0.237 e. The van der Waals surface area contributed by atoms with E-state index in [1.807, 2.05) is 17.2 Å². The summed E-state index contributed by atoms with van der Waals surface area (Å²) in [5.41, 5.74) is 1.72. The Morgan fingerprint density at radius 2 is 2.19 bits per heavy atom. The number of hydrogen-bond acceptors (Lipinski definition) is 5. The second-order valence-corrected chi connectivity index (χ2v) is 7.30. The van der Waals surface area contributed by atoms with E-state index in [1.165, 1.54) is 23.5 Å². The highest BCUT2D eigenvalue weighted by Gasteiger charge is 2.31. The Morgan fingerprint density at radius 1 is 1.42 bits per heavy atom. The van der Waals surface area contributed by atoms with Crippen molar-refractivity contribution in [2.45, 2.75) is 32.5 Å². The summed E-state index contributed by atoms with van der Waals surface area (Å²) >= 11 is 1.53. The van der Waals surface area contributed by atoms with Crippen LogP contribution in [0.5, 0.6) is 0 Å². The molecule has 6 nitrogen and oxygen atoms in total. The number of piperazine rings is 1. The first-order valence-electron chi connectivity index (χ1n) is 8.45. The van der Waals surface area contributed by atoms with Gasteiger partial charge in [-0.2, -0.15) is 0 Å². The molecule has 1 aliphatic rings. The number of nitrogens with zero attached hydrogens (tertiary/aromatic N) is 2. The van der Waals surface area contributed by atoms with Crippen molar-refractivity contribution in [3.8, 4) is 0 Å². The van der Waals surface area contributed by atoms with Gasteiger partial charge in [0.15, 0.2) is 0 Å². The lowest BCUT2D eigenvalue weighted by atomic mass is 10.1. The molecule has 0 unspecified atom stereocenters. The van der Waals surface area contributed by atoms with Gasteiger partial charge in [0.05, 0.1) is 29.7 Å². The number of thiazole rings is 1. The van der Waals surface area contributed by atoms with Gasteiger partial charge in [-0.05, 0) is 24.6 Å². The zero-order valence-corrected chi connectivity index (χ0v) is 15.3. The molecule has 0 bridgehead atoms. The highest BCUT2D eigenvalue weighted by atomic mass is 32.1. The highest BCUT2D eigenvalue weighted by molar-refractivity contribution is 7.09. The lowest BCUT2D eigenvalue weighted by Gasteiger charge is -2.34. The summed E-state index contributed by atoms with van der Waals surface area (Å²) in [5, 5.41) is 8.49. The fourth-order valence-electron chi connectivity index (χ4n) is 2.92. The van der Waals surface area contributed by atoms with Gasteiger partial charge in [-0.1, -0.05) is 12.1 Å². The number of carbonyl (C=O) groups excluding carboxylic acids is 2. The van der Waals surface area contributed by atoms with Gasteiger partial charge < -0.3 is 10.6 Å². The highest BCUT2D eigenvalue weighted by Crippen LogP contribution is 2.15. The summed E-state index contributed by atoms with van der Waals surface area (Å²) in [6.45, 7) is 3.95. The summed E-state index contributed by atoms with van der Waals surface area (Å²) in [7, 11) is 0. The first kappa shape index (κ1) is 18.5. The molecule has 2 amide bonds. The van der Waals surface area contributed by atoms with E-state index in [0.717, 1.165) is 16.3 Å². The van der Waals surface area contributed by atoms with E-state index in [-0.39, 0.29) is 24.1 Å². The van der Waals surface area contributed by atoms with Crippen molar-refractivity contribution in [3.05, 3.63) is 51.7 Å². The first-order chi connectivity index (χ1) is 12.5. The van der Waals surface area contributed by atoms with Gasteiger partial charge in [-0.15, -0.1) is 11.3 Å². The normalized spacial score (nSPS) is 17.8. The van der Waals surface area contributed by atoms with Crippen LogP contribution in [0.4, 0.5) is 4.39 Å². The Hall–Kier alpha value is -2.32. The summed E-state index contributed by atoms with van der Waals surface area (Å²) in [6, 6.07) is 5.66. The molecule has 1 aromatic carbocycles. The molecule has 2 N–H and O–H groups in total. The van der Waals surface area contributed by atoms with Crippen LogP contribution in [0.2, 0.25) is 0 Å². The smallest absolute Gasteiger partial charge is 0.237 e. The molecule has 1 aliphatic heterocycles. The van der Waals surface area contributed by atoms with Crippen LogP contribution in [0.1, 0.15) is 22.7 Å². The summed E-state index contributed by atoms with van der Waals surface area (Å²) in [4.78, 5) is 30.8. The fourth-order valence-corrected chi connectivity index (χ4v) is 3.54. The van der Waals surface area contributed by atoms with Crippen molar-refractivity contribution in [1.29, 1.82) is 0 Å². The SMILES string of the molecule is Cc1nc(CNC(=O)C[C@@H]2C(=O)NCCN2Cc2ccc(F)cc2)cs1. The number of aromatic nitrogens is 1. The number of benzene rings is 1. The van der Waals surface area contributed by atoms with Gasteiger partial charge in [0.2, 0.25) is 11.8 Å². The zero-order chi connectivity index (χ0) is 18.5. The zero-order valence-electron chi connectivity index (χ0n) is 14.5. The maximum absolute atomic E-state index is 13.1. The minimum absolute atomic E-state index is 0.0795. The Kier molecular flexibility index (Phi) is 5.95. The molecular weight excluding hydrogens is 355 g/mol. The van der Waals surface area contributed by atoms with Gasteiger partial charge in [0.25, 0.3) is 0 Å². The molecule has 1 saturated heterocycles. The molecule has 1 atom stereocenters. The Balaban J connectivity index is 1.59. The van der Waals surface area contributed by atoms with Crippen LogP contribution in [0.3, 0.4) is 0 Å². The number of nitrogens with one attached hydrogen (secondary N) is 2. The molecule has 0 radical (unpaired) electrons. The third-order valence-corrected chi connectivity index (χ3v) is 5.07. The molecule has 0 spiro atoms. The second-order valence-electron chi connectivity index (χ2n) is 6.24. The van der Waals surface area contributed by atoms with Crippen molar-refractivity contribution in [3.63, 3.8) is 0 Å². The van der Waals surface area contributed by atoms with Crippen molar-refractivity contribution >= 4 is 23.2 Å². The quantitative estimate of drug-likeness (QED) is 0.803. The van der Waals surface area contributed by atoms with Gasteiger partial charge in [0, 0.05) is 25.0 Å². The summed E-state index contributed by atoms with van der Waals surface area (Å²) in [5.74, 6) is -0.641. The Bertz CT molecular complexity index is 778. The monoisotopic (exact) mass is 376 g/mol. The third-order valence-electron chi connectivity index (χ3n) is 4.25. The molecule has 1 aromatic heterocycles. The lowest BCUT2D eigenvalue weighted by molar-refractivity contribution is -0.134. The van der Waals surface area contributed by atoms with Crippen LogP contribution in [-0.4, -0.2) is 40.8 Å². The average Bonchev–Trinajstić information content (AvgIpc) is 3.03. The van der Waals surface area contributed by atoms with Crippen molar-refractivity contribution in [2.24, 2.45) is 0 Å². The number of halogens is 1. The van der Waals surface area contributed by atoms with E-state index in [1.54, 1.807) is 12.1 Å². The standard InChI is InChI=1S/C18H21FN4O2S/c1-12-22-15(11-26-12)9-21-17(24)8-16-18(25)20-6-7-23(16)10-13-2-4-14(19)5-3-13/h2-5,11,16H,6-10H2,1H3,(H,20,25)(H,21,24)/t16-/m1/s1. The molecular formula is C18H21FN4O2S. The van der Waals surface area contributed by atoms with Crippen LogP contribution in [0.15, 0.2) is 29.6 Å². The molecule has 138 valence electrons. The van der Waals surface area contributed by atoms with Gasteiger partial charge in [-0.25, -0.2) is 9.37 Å². The van der Waals surface area contributed by atoms with E-state index in [0.29, 0.717) is 26.2 Å². The van der Waals surface area contributed by atoms with E-state index < -0.39 is 6.04 Å². The maximum atomic E-state index is 13.1. The second kappa shape index (κ2) is 8.37. The topological polar surface area (TPSA) is 74.3 Å². The molecule has 1 fully saturated rings. The third kappa shape index (κ3) is 4.86. The van der Waals surface area contributed by atoms with Crippen molar-refractivity contribution in [1.82, 2.24) is 20.5 Å². The average molecular weight is 376 g/mol. The van der Waals surface area contributed by atoms with Crippen LogP contribution < -0.4 is 10.6 Å². The van der Waals surface area contributed by atoms with Crippen molar-refractivity contribution in [2.75, 3.05) is 13.1 Å². The molecule has 2 aromatic rings. The predicted molar refractivity (Wildman–Crippen MR) is 96.9 cm³/mol. The van der Waals surface area contributed by atoms with E-state index in [2.05, 4.69) is 15.6 Å². The van der Waals surface area contributed by atoms with Crippen LogP contribution in [0.25, 0.3) is 0 Å². The van der Waals surface area contributed by atoms with Gasteiger partial charge in [0.1, 0.15) is 5.82 Å². The van der Waals surface area contributed by atoms with E-state index in [9.17, 15) is 14.0 Å². The number of hydrogen-bond donors (Lipinski definition) is 2. The van der Waals surface area contributed by atoms with Gasteiger partial charge in [-0.3, -0.25) is 14.5 Å². The number of amides is 2. The minimum atomic E-state index is -0.536. The van der Waals surface area contributed by atoms with Crippen LogP contribution in [-0.2, 0) is 22.7 Å². The Morgan fingerprint density at radius 3 is 2.88 bits per heavy atom. The molecule has 8 heteroatoms. The Labute approximate surface area is 155 Å². The molecule has 3 rings (SSSR count). The number of aryl methyl sites for hydroxylation is 1. The lowest BCUT2D eigenvalue weighted by Crippen LogP contribution is -2.56. The number of carbonyl (C=O) groups is 2. The van der Waals surface area contributed by atoms with E-state index in [4.69, 9.17) is 0 Å².